The molecule has 2 heterocycles. The van der Waals surface area contributed by atoms with Crippen molar-refractivity contribution in [3.05, 3.63) is 22.0 Å². The molecule has 0 saturated heterocycles. The van der Waals surface area contributed by atoms with Gasteiger partial charge in [0.1, 0.15) is 0 Å². The van der Waals surface area contributed by atoms with Gasteiger partial charge in [-0.25, -0.2) is 4.98 Å². The Morgan fingerprint density at radius 3 is 2.90 bits per heavy atom. The first-order valence-electron chi connectivity index (χ1n) is 6.71. The van der Waals surface area contributed by atoms with E-state index >= 15 is 0 Å². The zero-order valence-electron chi connectivity index (χ0n) is 11.5. The monoisotopic (exact) mass is 291 g/mol. The lowest BCUT2D eigenvalue weighted by Crippen LogP contribution is -2.14. The predicted octanol–water partition coefficient (Wildman–Crippen LogP) is 2.45. The third kappa shape index (κ3) is 2.29. The van der Waals surface area contributed by atoms with Crippen molar-refractivity contribution < 1.29 is 4.79 Å². The maximum Gasteiger partial charge on any atom is 0.280 e. The number of hydrogen-bond donors (Lipinski definition) is 3. The highest BCUT2D eigenvalue weighted by Gasteiger charge is 2.30. The Bertz CT molecular complexity index is 656. The molecule has 106 valence electrons. The number of rotatable bonds is 4. The van der Waals surface area contributed by atoms with Crippen LogP contribution in [0, 0.1) is 6.92 Å². The molecule has 7 heteroatoms. The average molecular weight is 291 g/mol. The maximum absolute atomic E-state index is 12.2. The van der Waals surface area contributed by atoms with Gasteiger partial charge in [0.2, 0.25) is 0 Å². The zero-order chi connectivity index (χ0) is 14.3. The van der Waals surface area contributed by atoms with Gasteiger partial charge in [-0.15, -0.1) is 11.3 Å². The summed E-state index contributed by atoms with van der Waals surface area (Å²) in [5.41, 5.74) is 8.62. The summed E-state index contributed by atoms with van der Waals surface area (Å²) in [5, 5.41) is 10.3. The summed E-state index contributed by atoms with van der Waals surface area (Å²) in [6.07, 6.45) is 3.08. The van der Waals surface area contributed by atoms with Crippen LogP contribution in [0.25, 0.3) is 0 Å². The van der Waals surface area contributed by atoms with Gasteiger partial charge in [0.05, 0.1) is 17.1 Å². The summed E-state index contributed by atoms with van der Waals surface area (Å²) >= 11 is 1.47. The molecule has 0 radical (unpaired) electrons. The van der Waals surface area contributed by atoms with Crippen molar-refractivity contribution in [3.63, 3.8) is 0 Å². The molecule has 20 heavy (non-hydrogen) atoms. The molecular weight excluding hydrogens is 274 g/mol. The number of aryl methyl sites for hydroxylation is 2. The minimum Gasteiger partial charge on any atom is -0.395 e. The van der Waals surface area contributed by atoms with Crippen LogP contribution < -0.4 is 11.1 Å². The largest absolute Gasteiger partial charge is 0.395 e. The molecular formula is C13H17N5OS. The molecule has 6 nitrogen and oxygen atoms in total. The minimum atomic E-state index is -0.304. The molecule has 2 aromatic rings. The Morgan fingerprint density at radius 2 is 2.30 bits per heavy atom. The van der Waals surface area contributed by atoms with Crippen molar-refractivity contribution in [1.82, 2.24) is 15.2 Å². The Morgan fingerprint density at radius 1 is 1.55 bits per heavy atom. The van der Waals surface area contributed by atoms with E-state index < -0.39 is 0 Å². The van der Waals surface area contributed by atoms with Gasteiger partial charge in [-0.2, -0.15) is 5.10 Å². The normalized spacial score (nSPS) is 14.5. The van der Waals surface area contributed by atoms with E-state index in [1.165, 1.54) is 11.3 Å². The lowest BCUT2D eigenvalue weighted by atomic mass is 10.2. The van der Waals surface area contributed by atoms with Gasteiger partial charge in [0.25, 0.3) is 5.91 Å². The van der Waals surface area contributed by atoms with Crippen LogP contribution in [0.4, 0.5) is 10.8 Å². The predicted molar refractivity (Wildman–Crippen MR) is 79.2 cm³/mol. The molecule has 0 aromatic carbocycles. The van der Waals surface area contributed by atoms with E-state index in [1.54, 1.807) is 0 Å². The summed E-state index contributed by atoms with van der Waals surface area (Å²) in [4.78, 5) is 17.7. The number of nitrogens with zero attached hydrogens (tertiary/aromatic N) is 2. The molecule has 4 N–H and O–H groups in total. The molecule has 2 aromatic heterocycles. The number of anilines is 2. The zero-order valence-corrected chi connectivity index (χ0v) is 12.3. The van der Waals surface area contributed by atoms with Crippen LogP contribution in [0.2, 0.25) is 0 Å². The summed E-state index contributed by atoms with van der Waals surface area (Å²) in [5.74, 6) is 0.139. The fourth-order valence-corrected chi connectivity index (χ4v) is 3.08. The molecule has 1 saturated carbocycles. The Kier molecular flexibility index (Phi) is 3.21. The lowest BCUT2D eigenvalue weighted by molar-refractivity contribution is 0.102. The molecule has 1 fully saturated rings. The smallest absolute Gasteiger partial charge is 0.280 e. The number of carbonyl (C=O) groups excluding carboxylic acids is 1. The highest BCUT2D eigenvalue weighted by Crippen LogP contribution is 2.42. The Hall–Kier alpha value is -1.89. The number of aromatic amines is 1. The van der Waals surface area contributed by atoms with Crippen molar-refractivity contribution in [2.45, 2.75) is 39.0 Å². The quantitative estimate of drug-likeness (QED) is 0.806. The van der Waals surface area contributed by atoms with Gasteiger partial charge in [-0.3, -0.25) is 15.2 Å². The molecule has 3 rings (SSSR count). The summed E-state index contributed by atoms with van der Waals surface area (Å²) in [6, 6.07) is 0. The number of thiazole rings is 1. The number of H-pyrrole nitrogens is 1. The average Bonchev–Trinajstić information content (AvgIpc) is 3.09. The lowest BCUT2D eigenvalue weighted by Gasteiger charge is -1.99. The van der Waals surface area contributed by atoms with Crippen LogP contribution >= 0.6 is 11.3 Å². The van der Waals surface area contributed by atoms with E-state index in [1.807, 2.05) is 13.8 Å². The number of nitrogens with two attached hydrogens (primary N) is 1. The van der Waals surface area contributed by atoms with Crippen LogP contribution in [0.3, 0.4) is 0 Å². The van der Waals surface area contributed by atoms with Gasteiger partial charge in [0.15, 0.2) is 10.8 Å². The molecule has 1 aliphatic carbocycles. The number of hydrogen-bond acceptors (Lipinski definition) is 5. The third-order valence-electron chi connectivity index (χ3n) is 3.48. The van der Waals surface area contributed by atoms with Crippen LogP contribution in [0.15, 0.2) is 0 Å². The second-order valence-corrected chi connectivity index (χ2v) is 6.21. The minimum absolute atomic E-state index is 0.262. The molecule has 0 unspecified atom stereocenters. The summed E-state index contributed by atoms with van der Waals surface area (Å²) < 4.78 is 0. The van der Waals surface area contributed by atoms with E-state index in [9.17, 15) is 4.79 Å². The Labute approximate surface area is 120 Å². The third-order valence-corrected chi connectivity index (χ3v) is 4.41. The van der Waals surface area contributed by atoms with Gasteiger partial charge >= 0.3 is 0 Å². The van der Waals surface area contributed by atoms with E-state index in [2.05, 4.69) is 20.5 Å². The van der Waals surface area contributed by atoms with Crippen LogP contribution in [-0.4, -0.2) is 21.1 Å². The first-order valence-corrected chi connectivity index (χ1v) is 7.53. The topological polar surface area (TPSA) is 96.7 Å². The van der Waals surface area contributed by atoms with Crippen molar-refractivity contribution >= 4 is 28.1 Å². The van der Waals surface area contributed by atoms with E-state index in [-0.39, 0.29) is 11.6 Å². The fraction of sp³-hybridized carbons (Fsp3) is 0.462. The van der Waals surface area contributed by atoms with Crippen molar-refractivity contribution in [2.75, 3.05) is 11.1 Å². The maximum atomic E-state index is 12.2. The molecule has 1 aliphatic rings. The molecule has 0 atom stereocenters. The molecule has 0 bridgehead atoms. The van der Waals surface area contributed by atoms with Crippen molar-refractivity contribution in [2.24, 2.45) is 0 Å². The van der Waals surface area contributed by atoms with E-state index in [0.29, 0.717) is 16.7 Å². The van der Waals surface area contributed by atoms with Crippen molar-refractivity contribution in [1.29, 1.82) is 0 Å². The first-order chi connectivity index (χ1) is 9.60. The first kappa shape index (κ1) is 13.1. The number of nitrogen functional groups attached to an aromatic ring is 1. The second kappa shape index (κ2) is 4.90. The highest BCUT2D eigenvalue weighted by molar-refractivity contribution is 7.15. The summed E-state index contributed by atoms with van der Waals surface area (Å²) in [6.45, 7) is 4.04. The van der Waals surface area contributed by atoms with E-state index in [0.717, 1.165) is 35.5 Å². The summed E-state index contributed by atoms with van der Waals surface area (Å²) in [7, 11) is 0. The van der Waals surface area contributed by atoms with Gasteiger partial charge in [-0.1, -0.05) is 6.92 Å². The van der Waals surface area contributed by atoms with Crippen LogP contribution in [0.5, 0.6) is 0 Å². The number of nitrogens with one attached hydrogen (secondary N) is 2. The van der Waals surface area contributed by atoms with Crippen LogP contribution in [0.1, 0.15) is 52.4 Å². The Balaban J connectivity index is 1.78. The molecule has 0 spiro atoms. The number of aromatic nitrogens is 3. The molecule has 0 aliphatic heterocycles. The van der Waals surface area contributed by atoms with Crippen molar-refractivity contribution in [3.8, 4) is 0 Å². The second-order valence-electron chi connectivity index (χ2n) is 5.00. The van der Waals surface area contributed by atoms with Gasteiger partial charge in [0, 0.05) is 10.8 Å². The number of carbonyl (C=O) groups is 1. The van der Waals surface area contributed by atoms with Gasteiger partial charge < -0.3 is 5.73 Å². The SMILES string of the molecule is CCc1nc(NC(=O)c2n[nH]c(C3CC3)c2N)sc1C. The van der Waals surface area contributed by atoms with Gasteiger partial charge in [-0.05, 0) is 26.2 Å². The fourth-order valence-electron chi connectivity index (χ4n) is 2.19. The highest BCUT2D eigenvalue weighted by atomic mass is 32.1. The number of amides is 1. The standard InChI is InChI=1S/C13H17N5OS/c1-3-8-6(2)20-13(15-8)16-12(19)11-9(14)10(17-18-11)7-4-5-7/h7H,3-5,14H2,1-2H3,(H,17,18)(H,15,16,19). The van der Waals surface area contributed by atoms with Crippen LogP contribution in [-0.2, 0) is 6.42 Å². The van der Waals surface area contributed by atoms with E-state index in [4.69, 9.17) is 5.73 Å². The molecule has 1 amide bonds.